The van der Waals surface area contributed by atoms with Gasteiger partial charge in [0.25, 0.3) is 0 Å². The zero-order valence-corrected chi connectivity index (χ0v) is 9.73. The molecular formula is C13H13FN2O2. The summed E-state index contributed by atoms with van der Waals surface area (Å²) >= 11 is 0. The van der Waals surface area contributed by atoms with Gasteiger partial charge in [-0.05, 0) is 37.5 Å². The highest BCUT2D eigenvalue weighted by Crippen LogP contribution is 2.40. The van der Waals surface area contributed by atoms with Crippen LogP contribution in [0.3, 0.4) is 0 Å². The van der Waals surface area contributed by atoms with Gasteiger partial charge in [-0.1, -0.05) is 0 Å². The van der Waals surface area contributed by atoms with Crippen molar-refractivity contribution < 1.29 is 14.0 Å². The number of carbonyl (C=O) groups is 2. The number of hydrogen-bond acceptors (Lipinski definition) is 3. The molecule has 2 atom stereocenters. The predicted octanol–water partition coefficient (Wildman–Crippen LogP) is 1.70. The minimum atomic E-state index is -0.543. The maximum atomic E-state index is 13.1. The third-order valence-electron chi connectivity index (χ3n) is 3.81. The highest BCUT2D eigenvalue weighted by molar-refractivity contribution is 6.18. The molecule has 2 unspecified atom stereocenters. The van der Waals surface area contributed by atoms with Gasteiger partial charge in [0.15, 0.2) is 0 Å². The average Bonchev–Trinajstić information content (AvgIpc) is 2.78. The van der Waals surface area contributed by atoms with Crippen LogP contribution in [0.4, 0.5) is 15.8 Å². The lowest BCUT2D eigenvalue weighted by atomic mass is 9.96. The van der Waals surface area contributed by atoms with E-state index in [1.807, 2.05) is 0 Å². The van der Waals surface area contributed by atoms with Crippen molar-refractivity contribution in [2.75, 3.05) is 10.6 Å². The summed E-state index contributed by atoms with van der Waals surface area (Å²) in [5.41, 5.74) is 5.80. The van der Waals surface area contributed by atoms with Crippen LogP contribution in [0.1, 0.15) is 19.3 Å². The predicted molar refractivity (Wildman–Crippen MR) is 64.1 cm³/mol. The first-order valence-electron chi connectivity index (χ1n) is 6.01. The number of imide groups is 1. The lowest BCUT2D eigenvalue weighted by Gasteiger charge is -2.29. The van der Waals surface area contributed by atoms with Crippen molar-refractivity contribution in [1.29, 1.82) is 0 Å². The molecule has 2 aliphatic rings. The highest BCUT2D eigenvalue weighted by Gasteiger charge is 2.45. The Balaban J connectivity index is 2.02. The highest BCUT2D eigenvalue weighted by atomic mass is 19.1. The molecule has 94 valence electrons. The van der Waals surface area contributed by atoms with Crippen molar-refractivity contribution in [2.24, 2.45) is 11.8 Å². The Morgan fingerprint density at radius 2 is 1.78 bits per heavy atom. The maximum absolute atomic E-state index is 13.1. The van der Waals surface area contributed by atoms with Crippen molar-refractivity contribution >= 4 is 23.2 Å². The minimum absolute atomic E-state index is 0.0500. The van der Waals surface area contributed by atoms with Gasteiger partial charge in [-0.15, -0.1) is 0 Å². The third-order valence-corrected chi connectivity index (χ3v) is 3.81. The van der Waals surface area contributed by atoms with Crippen LogP contribution in [0.15, 0.2) is 18.2 Å². The quantitative estimate of drug-likeness (QED) is 0.607. The zero-order chi connectivity index (χ0) is 12.9. The Hall–Kier alpha value is -1.91. The molecule has 3 rings (SSSR count). The number of anilines is 2. The fourth-order valence-electron chi connectivity index (χ4n) is 2.83. The number of hydrogen-bond donors (Lipinski definition) is 1. The summed E-state index contributed by atoms with van der Waals surface area (Å²) < 4.78 is 13.1. The summed E-state index contributed by atoms with van der Waals surface area (Å²) in [6.07, 6.45) is 2.19. The topological polar surface area (TPSA) is 63.4 Å². The second-order valence-corrected chi connectivity index (χ2v) is 4.92. The second-order valence-electron chi connectivity index (χ2n) is 4.92. The van der Waals surface area contributed by atoms with Gasteiger partial charge in [0.2, 0.25) is 11.8 Å². The summed E-state index contributed by atoms with van der Waals surface area (Å²) in [4.78, 5) is 25.5. The molecule has 1 heterocycles. The monoisotopic (exact) mass is 248 g/mol. The molecule has 1 aromatic carbocycles. The van der Waals surface area contributed by atoms with Gasteiger partial charge in [0.05, 0.1) is 11.4 Å². The van der Waals surface area contributed by atoms with E-state index >= 15 is 0 Å². The van der Waals surface area contributed by atoms with Gasteiger partial charge in [0.1, 0.15) is 5.82 Å². The molecule has 5 heteroatoms. The van der Waals surface area contributed by atoms with E-state index in [9.17, 15) is 14.0 Å². The molecule has 2 bridgehead atoms. The minimum Gasteiger partial charge on any atom is -0.396 e. The number of halogens is 1. The maximum Gasteiger partial charge on any atom is 0.236 e. The molecule has 2 fully saturated rings. The first-order valence-corrected chi connectivity index (χ1v) is 6.01. The Kier molecular flexibility index (Phi) is 2.36. The molecule has 1 aliphatic carbocycles. The number of nitrogens with zero attached hydrogens (tertiary/aromatic N) is 1. The van der Waals surface area contributed by atoms with E-state index < -0.39 is 5.82 Å². The number of benzene rings is 1. The van der Waals surface area contributed by atoms with Crippen LogP contribution >= 0.6 is 0 Å². The molecule has 18 heavy (non-hydrogen) atoms. The molecule has 0 radical (unpaired) electrons. The Labute approximate surface area is 104 Å². The lowest BCUT2D eigenvalue weighted by Crippen LogP contribution is -2.46. The van der Waals surface area contributed by atoms with Crippen molar-refractivity contribution in [3.63, 3.8) is 0 Å². The zero-order valence-electron chi connectivity index (χ0n) is 9.73. The number of nitrogen functional groups attached to an aromatic ring is 1. The molecule has 2 N–H and O–H groups in total. The number of piperidine rings is 1. The standard InChI is InChI=1S/C13H13FN2O2/c14-10-4-3-9(6-11(10)15)16-12(17)7-1-2-8(5-7)13(16)18/h3-4,6-8H,1-2,5,15H2. The first-order chi connectivity index (χ1) is 8.58. The van der Waals surface area contributed by atoms with E-state index in [-0.39, 0.29) is 29.3 Å². The van der Waals surface area contributed by atoms with Crippen LogP contribution in [0.25, 0.3) is 0 Å². The van der Waals surface area contributed by atoms with Crippen LogP contribution in [0, 0.1) is 17.7 Å². The Morgan fingerprint density at radius 1 is 1.17 bits per heavy atom. The molecule has 2 amide bonds. The van der Waals surface area contributed by atoms with E-state index in [1.54, 1.807) is 0 Å². The Bertz CT molecular complexity index is 522. The summed E-state index contributed by atoms with van der Waals surface area (Å²) in [6.45, 7) is 0. The lowest BCUT2D eigenvalue weighted by molar-refractivity contribution is -0.132. The van der Waals surface area contributed by atoms with Crippen LogP contribution < -0.4 is 10.6 Å². The second kappa shape index (κ2) is 3.80. The first kappa shape index (κ1) is 11.2. The SMILES string of the molecule is Nc1cc(N2C(=O)C3CCC(C3)C2=O)ccc1F. The fourth-order valence-corrected chi connectivity index (χ4v) is 2.83. The van der Waals surface area contributed by atoms with Gasteiger partial charge in [-0.25, -0.2) is 4.39 Å². The van der Waals surface area contributed by atoms with Crippen molar-refractivity contribution in [3.05, 3.63) is 24.0 Å². The van der Waals surface area contributed by atoms with Gasteiger partial charge in [0, 0.05) is 11.8 Å². The Morgan fingerprint density at radius 3 is 2.33 bits per heavy atom. The number of rotatable bonds is 1. The van der Waals surface area contributed by atoms with Gasteiger partial charge in [-0.3, -0.25) is 14.5 Å². The normalized spacial score (nSPS) is 26.8. The van der Waals surface area contributed by atoms with Crippen molar-refractivity contribution in [2.45, 2.75) is 19.3 Å². The molecule has 0 spiro atoms. The van der Waals surface area contributed by atoms with Crippen molar-refractivity contribution in [1.82, 2.24) is 0 Å². The largest absolute Gasteiger partial charge is 0.396 e. The van der Waals surface area contributed by atoms with E-state index in [2.05, 4.69) is 0 Å². The van der Waals surface area contributed by atoms with Crippen LogP contribution in [0.2, 0.25) is 0 Å². The summed E-state index contributed by atoms with van der Waals surface area (Å²) in [5, 5.41) is 0. The molecular weight excluding hydrogens is 235 g/mol. The van der Waals surface area contributed by atoms with Crippen molar-refractivity contribution in [3.8, 4) is 0 Å². The average molecular weight is 248 g/mol. The van der Waals surface area contributed by atoms with Gasteiger partial charge in [-0.2, -0.15) is 0 Å². The number of nitrogens with two attached hydrogens (primary N) is 1. The van der Waals surface area contributed by atoms with Crippen LogP contribution in [-0.4, -0.2) is 11.8 Å². The number of carbonyl (C=O) groups excluding carboxylic acids is 2. The fraction of sp³-hybridized carbons (Fsp3) is 0.385. The number of amides is 2. The van der Waals surface area contributed by atoms with Crippen LogP contribution in [0.5, 0.6) is 0 Å². The van der Waals surface area contributed by atoms with E-state index in [0.717, 1.165) is 12.8 Å². The van der Waals surface area contributed by atoms with E-state index in [0.29, 0.717) is 12.1 Å². The summed E-state index contributed by atoms with van der Waals surface area (Å²) in [6, 6.07) is 3.95. The van der Waals surface area contributed by atoms with E-state index in [4.69, 9.17) is 5.73 Å². The smallest absolute Gasteiger partial charge is 0.236 e. The summed E-state index contributed by atoms with van der Waals surface area (Å²) in [5.74, 6) is -1.05. The molecule has 0 aromatic heterocycles. The summed E-state index contributed by atoms with van der Waals surface area (Å²) in [7, 11) is 0. The van der Waals surface area contributed by atoms with Gasteiger partial charge >= 0.3 is 0 Å². The number of fused-ring (bicyclic) bond motifs is 2. The molecule has 1 saturated carbocycles. The van der Waals surface area contributed by atoms with Gasteiger partial charge < -0.3 is 5.73 Å². The molecule has 1 aromatic rings. The molecule has 1 aliphatic heterocycles. The third kappa shape index (κ3) is 1.50. The molecule has 4 nitrogen and oxygen atoms in total. The van der Waals surface area contributed by atoms with Crippen LogP contribution in [-0.2, 0) is 9.59 Å². The van der Waals surface area contributed by atoms with E-state index in [1.165, 1.54) is 23.1 Å². The molecule has 1 saturated heterocycles.